The van der Waals surface area contributed by atoms with Crippen LogP contribution in [0.1, 0.15) is 10.5 Å². The zero-order valence-corrected chi connectivity index (χ0v) is 10.2. The van der Waals surface area contributed by atoms with E-state index in [4.69, 9.17) is 14.9 Å². The summed E-state index contributed by atoms with van der Waals surface area (Å²) in [6.07, 6.45) is 0. The summed E-state index contributed by atoms with van der Waals surface area (Å²) in [5.74, 6) is -1.28. The lowest BCUT2D eigenvalue weighted by molar-refractivity contribution is 0.0690. The van der Waals surface area contributed by atoms with Crippen LogP contribution in [0.4, 0.5) is 0 Å². The molecule has 0 amide bonds. The predicted octanol–water partition coefficient (Wildman–Crippen LogP) is -0.333. The molecule has 100 valence electrons. The minimum Gasteiger partial charge on any atom is -0.477 e. The Morgan fingerprint density at radius 1 is 1.21 bits per heavy atom. The molecule has 0 aliphatic carbocycles. The molecule has 0 radical (unpaired) electrons. The van der Waals surface area contributed by atoms with E-state index >= 15 is 0 Å². The maximum Gasteiger partial charge on any atom is 0.356 e. The summed E-state index contributed by atoms with van der Waals surface area (Å²) < 4.78 is 11.9. The SMILES string of the molecule is O=C(O)c1cc(=O)n(-c2ccc(P(=O)(O)O)cc2)[nH]1. The van der Waals surface area contributed by atoms with Crippen molar-refractivity contribution in [2.75, 3.05) is 0 Å². The number of nitrogens with one attached hydrogen (secondary N) is 1. The number of carboxylic acids is 1. The molecule has 0 aliphatic heterocycles. The van der Waals surface area contributed by atoms with Gasteiger partial charge in [-0.3, -0.25) is 14.5 Å². The Morgan fingerprint density at radius 2 is 1.79 bits per heavy atom. The van der Waals surface area contributed by atoms with E-state index in [1.165, 1.54) is 24.3 Å². The molecule has 0 bridgehead atoms. The number of aromatic nitrogens is 2. The quantitative estimate of drug-likeness (QED) is 0.570. The van der Waals surface area contributed by atoms with Crippen molar-refractivity contribution in [3.63, 3.8) is 0 Å². The molecule has 2 aromatic rings. The highest BCUT2D eigenvalue weighted by molar-refractivity contribution is 7.60. The van der Waals surface area contributed by atoms with Gasteiger partial charge < -0.3 is 14.9 Å². The van der Waals surface area contributed by atoms with Gasteiger partial charge in [-0.2, -0.15) is 0 Å². The first kappa shape index (κ1) is 13.3. The average Bonchev–Trinajstić information content (AvgIpc) is 2.70. The van der Waals surface area contributed by atoms with Gasteiger partial charge in [-0.15, -0.1) is 0 Å². The second kappa shape index (κ2) is 4.51. The van der Waals surface area contributed by atoms with Crippen molar-refractivity contribution >= 4 is 18.9 Å². The summed E-state index contributed by atoms with van der Waals surface area (Å²) in [6.45, 7) is 0. The van der Waals surface area contributed by atoms with E-state index < -0.39 is 19.1 Å². The van der Waals surface area contributed by atoms with Crippen LogP contribution in [-0.2, 0) is 4.57 Å². The molecule has 0 fully saturated rings. The third-order valence-corrected chi connectivity index (χ3v) is 3.37. The number of H-pyrrole nitrogens is 1. The fraction of sp³-hybridized carbons (Fsp3) is 0. The van der Waals surface area contributed by atoms with Gasteiger partial charge in [0.05, 0.1) is 11.0 Å². The molecule has 1 aromatic heterocycles. The lowest BCUT2D eigenvalue weighted by Crippen LogP contribution is -2.14. The van der Waals surface area contributed by atoms with E-state index in [2.05, 4.69) is 5.10 Å². The van der Waals surface area contributed by atoms with Crippen LogP contribution in [0.15, 0.2) is 35.1 Å². The summed E-state index contributed by atoms with van der Waals surface area (Å²) >= 11 is 0. The van der Waals surface area contributed by atoms with Gasteiger partial charge in [-0.05, 0) is 24.3 Å². The molecule has 9 heteroatoms. The molecule has 0 unspecified atom stereocenters. The highest BCUT2D eigenvalue weighted by Crippen LogP contribution is 2.32. The number of carbonyl (C=O) groups is 1. The molecular weight excluding hydrogens is 275 g/mol. The van der Waals surface area contributed by atoms with E-state index in [0.29, 0.717) is 0 Å². The molecular formula is C10H9N2O6P. The normalized spacial score (nSPS) is 11.5. The number of benzene rings is 1. The van der Waals surface area contributed by atoms with E-state index in [-0.39, 0.29) is 16.7 Å². The molecule has 2 rings (SSSR count). The number of aromatic carboxylic acids is 1. The largest absolute Gasteiger partial charge is 0.477 e. The van der Waals surface area contributed by atoms with Crippen molar-refractivity contribution in [3.05, 3.63) is 46.4 Å². The van der Waals surface area contributed by atoms with Crippen LogP contribution in [-0.4, -0.2) is 30.6 Å². The van der Waals surface area contributed by atoms with E-state index in [0.717, 1.165) is 10.7 Å². The molecule has 8 nitrogen and oxygen atoms in total. The maximum absolute atomic E-state index is 11.5. The van der Waals surface area contributed by atoms with Gasteiger partial charge >= 0.3 is 13.6 Å². The Hall–Kier alpha value is -2.15. The molecule has 0 aliphatic rings. The summed E-state index contributed by atoms with van der Waals surface area (Å²) in [5.41, 5.74) is -0.583. The van der Waals surface area contributed by atoms with Crippen LogP contribution in [0.3, 0.4) is 0 Å². The van der Waals surface area contributed by atoms with Crippen molar-refractivity contribution in [1.29, 1.82) is 0 Å². The Bertz CT molecular complexity index is 723. The number of nitrogens with zero attached hydrogens (tertiary/aromatic N) is 1. The van der Waals surface area contributed by atoms with Crippen molar-refractivity contribution in [2.45, 2.75) is 0 Å². The summed E-state index contributed by atoms with van der Waals surface area (Å²) in [5, 5.41) is 10.9. The van der Waals surface area contributed by atoms with E-state index in [1.54, 1.807) is 0 Å². The van der Waals surface area contributed by atoms with Gasteiger partial charge in [-0.1, -0.05) is 0 Å². The minimum absolute atomic E-state index is 0.186. The lowest BCUT2D eigenvalue weighted by Gasteiger charge is -2.05. The first-order valence-corrected chi connectivity index (χ1v) is 6.62. The first-order chi connectivity index (χ1) is 8.79. The fourth-order valence-corrected chi connectivity index (χ4v) is 2.03. The standard InChI is InChI=1S/C10H9N2O6P/c13-9-5-8(10(14)15)11-12(9)6-1-3-7(4-2-6)19(16,17)18/h1-5,11H,(H,14,15)(H2,16,17,18). The number of aromatic amines is 1. The highest BCUT2D eigenvalue weighted by Gasteiger charge is 2.17. The predicted molar refractivity (Wildman–Crippen MR) is 65.0 cm³/mol. The van der Waals surface area contributed by atoms with Crippen molar-refractivity contribution in [3.8, 4) is 5.69 Å². The molecule has 0 saturated carbocycles. The Morgan fingerprint density at radius 3 is 2.21 bits per heavy atom. The van der Waals surface area contributed by atoms with Gasteiger partial charge in [0.1, 0.15) is 5.69 Å². The minimum atomic E-state index is -4.34. The molecule has 4 N–H and O–H groups in total. The summed E-state index contributed by atoms with van der Waals surface area (Å²) in [4.78, 5) is 40.1. The van der Waals surface area contributed by atoms with E-state index in [1.807, 2.05) is 0 Å². The molecule has 1 heterocycles. The molecule has 0 spiro atoms. The molecule has 19 heavy (non-hydrogen) atoms. The third kappa shape index (κ3) is 2.65. The average molecular weight is 284 g/mol. The van der Waals surface area contributed by atoms with Crippen LogP contribution >= 0.6 is 7.60 Å². The van der Waals surface area contributed by atoms with Crippen molar-refractivity contribution < 1.29 is 24.3 Å². The van der Waals surface area contributed by atoms with Crippen molar-refractivity contribution in [2.24, 2.45) is 0 Å². The van der Waals surface area contributed by atoms with Crippen molar-refractivity contribution in [1.82, 2.24) is 9.78 Å². The van der Waals surface area contributed by atoms with Crippen LogP contribution in [0.5, 0.6) is 0 Å². The van der Waals surface area contributed by atoms with Crippen LogP contribution < -0.4 is 10.9 Å². The first-order valence-electron chi connectivity index (χ1n) is 5.01. The van der Waals surface area contributed by atoms with Crippen LogP contribution in [0, 0.1) is 0 Å². The lowest BCUT2D eigenvalue weighted by atomic mass is 10.3. The van der Waals surface area contributed by atoms with Gasteiger partial charge in [-0.25, -0.2) is 9.48 Å². The van der Waals surface area contributed by atoms with Crippen LogP contribution in [0.25, 0.3) is 5.69 Å². The number of rotatable bonds is 3. The number of carboxylic acid groups (broad SMARTS) is 1. The van der Waals surface area contributed by atoms with Crippen LogP contribution in [0.2, 0.25) is 0 Å². The molecule has 1 aromatic carbocycles. The maximum atomic E-state index is 11.5. The second-order valence-corrected chi connectivity index (χ2v) is 5.31. The second-order valence-electron chi connectivity index (χ2n) is 3.71. The third-order valence-electron chi connectivity index (χ3n) is 2.40. The number of hydrogen-bond acceptors (Lipinski definition) is 3. The zero-order chi connectivity index (χ0) is 14.2. The summed E-state index contributed by atoms with van der Waals surface area (Å²) in [6, 6.07) is 5.86. The molecule has 0 atom stereocenters. The van der Waals surface area contributed by atoms with E-state index in [9.17, 15) is 14.2 Å². The topological polar surface area (TPSA) is 133 Å². The van der Waals surface area contributed by atoms with Gasteiger partial charge in [0.25, 0.3) is 5.56 Å². The monoisotopic (exact) mass is 284 g/mol. The van der Waals surface area contributed by atoms with Gasteiger partial charge in [0, 0.05) is 6.07 Å². The fourth-order valence-electron chi connectivity index (χ4n) is 1.49. The van der Waals surface area contributed by atoms with Gasteiger partial charge in [0.2, 0.25) is 0 Å². The molecule has 0 saturated heterocycles. The Balaban J connectivity index is 2.46. The Kier molecular flexibility index (Phi) is 3.15. The number of hydrogen-bond donors (Lipinski definition) is 4. The summed E-state index contributed by atoms with van der Waals surface area (Å²) in [7, 11) is -4.34. The Labute approximate surface area is 106 Å². The zero-order valence-electron chi connectivity index (χ0n) is 9.35. The highest BCUT2D eigenvalue weighted by atomic mass is 31.2. The van der Waals surface area contributed by atoms with Gasteiger partial charge in [0.15, 0.2) is 0 Å². The smallest absolute Gasteiger partial charge is 0.356 e.